The molecule has 20 nitrogen and oxygen atoms in total. The summed E-state index contributed by atoms with van der Waals surface area (Å²) in [5.41, 5.74) is -6.06. The summed E-state index contributed by atoms with van der Waals surface area (Å²) in [6.07, 6.45) is 6.74. The minimum atomic E-state index is -1.08. The van der Waals surface area contributed by atoms with Crippen LogP contribution >= 0.6 is 0 Å². The number of aromatic nitrogens is 4. The lowest BCUT2D eigenvalue weighted by Gasteiger charge is -2.22. The number of fused-ring (bicyclic) bond motifs is 8. The molecule has 9 rings (SSSR count). The number of aromatic amines is 2. The molecule has 8 bridgehead atoms. The number of esters is 8. The molecule has 5 heterocycles. The van der Waals surface area contributed by atoms with Gasteiger partial charge in [-0.05, 0) is 263 Å². The quantitative estimate of drug-likeness (QED) is 0.0850. The van der Waals surface area contributed by atoms with Gasteiger partial charge in [0, 0.05) is 44.3 Å². The Bertz CT molecular complexity index is 4130. The third-order valence-electron chi connectivity index (χ3n) is 16.2. The molecule has 104 heavy (non-hydrogen) atoms. The first-order chi connectivity index (χ1) is 47.9. The van der Waals surface area contributed by atoms with Gasteiger partial charge in [0.25, 0.3) is 0 Å². The van der Waals surface area contributed by atoms with E-state index in [1.807, 2.05) is 0 Å². The Balaban J connectivity index is 1.64. The zero-order valence-corrected chi connectivity index (χ0v) is 64.0. The van der Waals surface area contributed by atoms with E-state index in [-0.39, 0.29) is 135 Å². The summed E-state index contributed by atoms with van der Waals surface area (Å²) in [4.78, 5) is 134. The number of benzene rings is 4. The van der Waals surface area contributed by atoms with Crippen molar-refractivity contribution in [3.63, 3.8) is 0 Å². The molecule has 0 spiro atoms. The summed E-state index contributed by atoms with van der Waals surface area (Å²) >= 11 is 0. The molecular weight excluding hydrogens is 1320 g/mol. The zero-order valence-electron chi connectivity index (χ0n) is 64.0. The predicted molar refractivity (Wildman–Crippen MR) is 401 cm³/mol. The number of carbonyl (C=O) groups is 8. The topological polar surface area (TPSA) is 268 Å². The van der Waals surface area contributed by atoms with Crippen molar-refractivity contribution in [2.45, 2.75) is 166 Å². The van der Waals surface area contributed by atoms with Crippen molar-refractivity contribution in [1.29, 1.82) is 0 Å². The van der Waals surface area contributed by atoms with Crippen LogP contribution in [0.3, 0.4) is 0 Å². The van der Waals surface area contributed by atoms with Crippen molar-refractivity contribution in [2.24, 2.45) is 43.3 Å². The summed E-state index contributed by atoms with van der Waals surface area (Å²) in [5.74, 6) is -5.56. The number of hydrogen-bond acceptors (Lipinski definition) is 18. The van der Waals surface area contributed by atoms with Crippen LogP contribution in [-0.2, 0) is 38.4 Å². The van der Waals surface area contributed by atoms with E-state index in [2.05, 4.69) is 9.97 Å². The Morgan fingerprint density at radius 1 is 0.221 bits per heavy atom. The van der Waals surface area contributed by atoms with Crippen LogP contribution in [0.2, 0.25) is 0 Å². The number of hydrogen-bond donors (Lipinski definition) is 2. The van der Waals surface area contributed by atoms with Gasteiger partial charge in [0.2, 0.25) is 0 Å². The van der Waals surface area contributed by atoms with Gasteiger partial charge in [0.05, 0.1) is 88.3 Å². The van der Waals surface area contributed by atoms with Crippen molar-refractivity contribution in [1.82, 2.24) is 19.9 Å². The molecule has 0 fully saturated rings. The minimum absolute atomic E-state index is 0.0466. The summed E-state index contributed by atoms with van der Waals surface area (Å²) in [6.45, 7) is 40.6. The van der Waals surface area contributed by atoms with Crippen LogP contribution in [0.15, 0.2) is 97.1 Å². The second-order valence-corrected chi connectivity index (χ2v) is 34.1. The average molecular weight is 1420 g/mol. The van der Waals surface area contributed by atoms with Crippen LogP contribution in [-0.4, -0.2) is 67.7 Å². The summed E-state index contributed by atoms with van der Waals surface area (Å²) in [7, 11) is 0. The number of H-pyrrole nitrogens is 2. The maximum atomic E-state index is 14.4. The van der Waals surface area contributed by atoms with Gasteiger partial charge in [-0.15, -0.1) is 0 Å². The number of rotatable bonds is 12. The highest BCUT2D eigenvalue weighted by atomic mass is 16.6. The predicted octanol–water partition coefficient (Wildman–Crippen LogP) is 18.9. The van der Waals surface area contributed by atoms with Crippen molar-refractivity contribution in [2.75, 3.05) is 0 Å². The van der Waals surface area contributed by atoms with Gasteiger partial charge in [-0.2, -0.15) is 0 Å². The van der Waals surface area contributed by atoms with Crippen LogP contribution in [0.25, 0.3) is 90.9 Å². The van der Waals surface area contributed by atoms with E-state index in [1.165, 1.54) is 0 Å². The van der Waals surface area contributed by atoms with Crippen molar-refractivity contribution < 1.29 is 76.3 Å². The largest absolute Gasteiger partial charge is 0.425 e. The minimum Gasteiger partial charge on any atom is -0.425 e. The summed E-state index contributed by atoms with van der Waals surface area (Å²) < 4.78 is 51.3. The number of carbonyl (C=O) groups excluding carboxylic acids is 8. The first kappa shape index (κ1) is 77.4. The smallest absolute Gasteiger partial charge is 0.316 e. The fourth-order valence-electron chi connectivity index (χ4n) is 9.99. The number of ether oxygens (including phenoxy) is 8. The first-order valence-corrected chi connectivity index (χ1v) is 34.4. The molecule has 3 aromatic heterocycles. The average Bonchev–Trinajstić information content (AvgIpc) is 1.81. The second kappa shape index (κ2) is 28.1. The molecule has 2 N–H and O–H groups in total. The fraction of sp³-hybridized carbons (Fsp3) is 0.381. The Morgan fingerprint density at radius 2 is 0.356 bits per heavy atom. The van der Waals surface area contributed by atoms with Crippen LogP contribution in [0.1, 0.15) is 189 Å². The molecule has 20 heteroatoms. The molecule has 4 aromatic carbocycles. The molecule has 2 aliphatic rings. The van der Waals surface area contributed by atoms with E-state index in [0.29, 0.717) is 0 Å². The van der Waals surface area contributed by atoms with E-state index >= 15 is 0 Å². The van der Waals surface area contributed by atoms with Gasteiger partial charge < -0.3 is 47.9 Å². The van der Waals surface area contributed by atoms with Crippen LogP contribution < -0.4 is 37.9 Å². The molecule has 0 saturated heterocycles. The molecule has 546 valence electrons. The molecule has 7 aromatic rings. The van der Waals surface area contributed by atoms with E-state index in [0.717, 1.165) is 0 Å². The summed E-state index contributed by atoms with van der Waals surface area (Å²) in [5, 5.41) is 0. The van der Waals surface area contributed by atoms with Gasteiger partial charge in [-0.3, -0.25) is 38.4 Å². The van der Waals surface area contributed by atoms with Crippen LogP contribution in [0.4, 0.5) is 0 Å². The highest BCUT2D eigenvalue weighted by molar-refractivity contribution is 6.06. The monoisotopic (exact) mass is 1410 g/mol. The van der Waals surface area contributed by atoms with Gasteiger partial charge in [-0.1, -0.05) is 24.3 Å². The Labute approximate surface area is 607 Å². The Kier molecular flexibility index (Phi) is 20.9. The molecule has 0 atom stereocenters. The highest BCUT2D eigenvalue weighted by Gasteiger charge is 2.37. The van der Waals surface area contributed by atoms with Crippen molar-refractivity contribution >= 4 is 94.1 Å². The van der Waals surface area contributed by atoms with Crippen molar-refractivity contribution in [3.8, 4) is 90.5 Å². The zero-order chi connectivity index (χ0) is 77.1. The van der Waals surface area contributed by atoms with E-state index in [9.17, 15) is 38.4 Å². The fourth-order valence-corrected chi connectivity index (χ4v) is 9.99. The Hall–Kier alpha value is -10.8. The first-order valence-electron chi connectivity index (χ1n) is 34.4. The maximum Gasteiger partial charge on any atom is 0.316 e. The van der Waals surface area contributed by atoms with E-state index < -0.39 is 91.1 Å². The molecule has 0 saturated carbocycles. The normalized spacial score (nSPS) is 12.8. The standard InChI is InChI=1S/C84H94N4O16/c1-77(2,3)69(89)97-53-29-25-30-54(98-70(90)78(4,5)6)65(53)61-45-37-39-47(85-45)62(66-55(99-71(91)79(7,8)9)31-26-32-56(66)100-72(92)80(10,11)12)49-41-43-51(87-49)64(68-59(103-75(95)83(19,20)21)35-28-36-60(68)104-76(96)84(22,23)24)52-44-42-50(88-52)63(48-40-38-46(61)86-48)67-57(101-73(93)81(13,14)15)33-27-34-58(67)102-74(94)82(16,17)18/h25-44,85,88H,1-24H3. The SMILES string of the molecule is CC(C)(C)C(=O)Oc1cccc(OC(=O)C(C)(C)C)c1-c1c2nc(c(-c3c(OC(=O)C(C)(C)C)cccc3OC(=O)C(C)(C)C)c3ccc([nH]3)c(-c3c(OC(=O)C(C)(C)C)cccc3OC(=O)C(C)(C)C)c3nc(c(-c4c(OC(=O)C(C)(C)C)cccc4OC(=O)C(C)(C)C)c4ccc1[nH]4)C=C3)C=C2. The van der Waals surface area contributed by atoms with Crippen LogP contribution in [0.5, 0.6) is 46.0 Å². The lowest BCUT2D eigenvalue weighted by Crippen LogP contribution is -2.27. The highest BCUT2D eigenvalue weighted by Crippen LogP contribution is 2.51. The Morgan fingerprint density at radius 3 is 0.481 bits per heavy atom. The lowest BCUT2D eigenvalue weighted by molar-refractivity contribution is -0.144. The number of nitrogens with one attached hydrogen (secondary N) is 2. The van der Waals surface area contributed by atoms with Gasteiger partial charge in [0.1, 0.15) is 46.0 Å². The molecule has 0 unspecified atom stereocenters. The third-order valence-corrected chi connectivity index (χ3v) is 16.2. The van der Waals surface area contributed by atoms with Gasteiger partial charge in [0.15, 0.2) is 0 Å². The van der Waals surface area contributed by atoms with Gasteiger partial charge in [-0.25, -0.2) is 9.97 Å². The lowest BCUT2D eigenvalue weighted by atomic mass is 9.96. The second-order valence-electron chi connectivity index (χ2n) is 34.1. The molecule has 2 aliphatic heterocycles. The third kappa shape index (κ3) is 17.0. The van der Waals surface area contributed by atoms with E-state index in [1.54, 1.807) is 288 Å². The molecular formula is C84H94N4O16. The van der Waals surface area contributed by atoms with E-state index in [4.69, 9.17) is 47.9 Å². The van der Waals surface area contributed by atoms with Crippen LogP contribution in [0, 0.1) is 43.3 Å². The molecule has 0 aliphatic carbocycles. The molecule has 0 amide bonds. The maximum absolute atomic E-state index is 14.4. The number of nitrogens with zero attached hydrogens (tertiary/aromatic N) is 2. The van der Waals surface area contributed by atoms with Crippen molar-refractivity contribution in [3.05, 3.63) is 120 Å². The summed E-state index contributed by atoms with van der Waals surface area (Å²) in [6, 6.07) is 25.7. The van der Waals surface area contributed by atoms with Gasteiger partial charge >= 0.3 is 47.8 Å². The molecule has 0 radical (unpaired) electrons.